The molecule has 236 valence electrons. The third-order valence-corrected chi connectivity index (χ3v) is 13.2. The Labute approximate surface area is 290 Å². The van der Waals surface area contributed by atoms with Crippen LogP contribution in [-0.4, -0.2) is 4.57 Å². The summed E-state index contributed by atoms with van der Waals surface area (Å²) >= 11 is 0. The van der Waals surface area contributed by atoms with Crippen LogP contribution in [0, 0.1) is 0 Å². The minimum absolute atomic E-state index is 0.839. The summed E-state index contributed by atoms with van der Waals surface area (Å²) in [5.74, 6) is 0. The van der Waals surface area contributed by atoms with Crippen LogP contribution >= 0.6 is 7.14 Å². The number of hydrogen-bond donors (Lipinski definition) is 0. The maximum absolute atomic E-state index is 15.0. The average Bonchev–Trinajstić information content (AvgIpc) is 3.53. The highest BCUT2D eigenvalue weighted by molar-refractivity contribution is 7.85. The summed E-state index contributed by atoms with van der Waals surface area (Å²) in [7, 11) is -3.07. The van der Waals surface area contributed by atoms with Gasteiger partial charge in [0.2, 0.25) is 0 Å². The number of nitrogens with zero attached hydrogens (tertiary/aromatic N) is 2. The monoisotopic (exact) mass is 658 g/mol. The van der Waals surface area contributed by atoms with E-state index in [2.05, 4.69) is 137 Å². The van der Waals surface area contributed by atoms with Crippen molar-refractivity contribution in [2.45, 2.75) is 0 Å². The molecule has 0 N–H and O–H groups in total. The molecule has 0 bridgehead atoms. The van der Waals surface area contributed by atoms with Gasteiger partial charge >= 0.3 is 0 Å². The van der Waals surface area contributed by atoms with Crippen LogP contribution in [0.15, 0.2) is 188 Å². The molecule has 0 amide bonds. The SMILES string of the molecule is O=P(c1ccccc1)(c1ccccc1)c1ccc2cc(-c3ccc4c(c3)N(c3ccccc3)c3cccc5c6ccccc6n-4c35)ccc2c1. The zero-order valence-electron chi connectivity index (χ0n) is 27.1. The third-order valence-electron chi connectivity index (χ3n) is 10.1. The lowest BCUT2D eigenvalue weighted by molar-refractivity contribution is 0.592. The van der Waals surface area contributed by atoms with E-state index in [4.69, 9.17) is 0 Å². The Bertz CT molecular complexity index is 2750. The zero-order chi connectivity index (χ0) is 33.2. The van der Waals surface area contributed by atoms with Gasteiger partial charge in [-0.15, -0.1) is 0 Å². The van der Waals surface area contributed by atoms with Gasteiger partial charge in [0.05, 0.1) is 28.1 Å². The van der Waals surface area contributed by atoms with Gasteiger partial charge in [-0.25, -0.2) is 0 Å². The summed E-state index contributed by atoms with van der Waals surface area (Å²) in [6.07, 6.45) is 0. The van der Waals surface area contributed by atoms with E-state index in [1.54, 1.807) is 0 Å². The van der Waals surface area contributed by atoms with Gasteiger partial charge in [-0.2, -0.15) is 0 Å². The Morgan fingerprint density at radius 3 is 1.76 bits per heavy atom. The quantitative estimate of drug-likeness (QED) is 0.172. The van der Waals surface area contributed by atoms with E-state index < -0.39 is 7.14 Å². The molecule has 0 saturated heterocycles. The van der Waals surface area contributed by atoms with Gasteiger partial charge < -0.3 is 14.0 Å². The molecule has 0 aliphatic carbocycles. The highest BCUT2D eigenvalue weighted by Gasteiger charge is 2.31. The number of para-hydroxylation sites is 3. The maximum Gasteiger partial charge on any atom is 0.171 e. The maximum atomic E-state index is 15.0. The van der Waals surface area contributed by atoms with E-state index >= 15 is 4.57 Å². The molecule has 0 spiro atoms. The first-order chi connectivity index (χ1) is 24.7. The van der Waals surface area contributed by atoms with Gasteiger partial charge in [0.25, 0.3) is 0 Å². The summed E-state index contributed by atoms with van der Waals surface area (Å²) in [6, 6.07) is 65.5. The van der Waals surface area contributed by atoms with E-state index in [0.29, 0.717) is 0 Å². The van der Waals surface area contributed by atoms with Crippen molar-refractivity contribution >= 4 is 72.7 Å². The second-order valence-electron chi connectivity index (χ2n) is 12.9. The minimum atomic E-state index is -3.07. The van der Waals surface area contributed by atoms with Crippen molar-refractivity contribution in [2.75, 3.05) is 4.90 Å². The van der Waals surface area contributed by atoms with Crippen LogP contribution in [0.25, 0.3) is 49.4 Å². The van der Waals surface area contributed by atoms with Crippen molar-refractivity contribution in [3.05, 3.63) is 188 Å². The first-order valence-electron chi connectivity index (χ1n) is 17.0. The molecule has 0 atom stereocenters. The van der Waals surface area contributed by atoms with E-state index in [9.17, 15) is 0 Å². The van der Waals surface area contributed by atoms with Gasteiger partial charge in [-0.3, -0.25) is 0 Å². The smallest absolute Gasteiger partial charge is 0.171 e. The van der Waals surface area contributed by atoms with Crippen LogP contribution in [-0.2, 0) is 4.57 Å². The largest absolute Gasteiger partial charge is 0.309 e. The summed E-state index contributed by atoms with van der Waals surface area (Å²) in [4.78, 5) is 2.40. The molecule has 1 aliphatic heterocycles. The van der Waals surface area contributed by atoms with Crippen LogP contribution in [0.1, 0.15) is 0 Å². The van der Waals surface area contributed by atoms with Crippen LogP contribution < -0.4 is 20.8 Å². The van der Waals surface area contributed by atoms with Crippen molar-refractivity contribution in [2.24, 2.45) is 0 Å². The predicted octanol–water partition coefficient (Wildman–Crippen LogP) is 11.0. The fourth-order valence-electron chi connectivity index (χ4n) is 7.82. The van der Waals surface area contributed by atoms with Gasteiger partial charge in [-0.05, 0) is 70.4 Å². The molecule has 0 unspecified atom stereocenters. The molecule has 0 saturated carbocycles. The molecule has 10 rings (SSSR count). The van der Waals surface area contributed by atoms with E-state index in [-0.39, 0.29) is 0 Å². The number of benzene rings is 8. The molecule has 0 radical (unpaired) electrons. The summed E-state index contributed by atoms with van der Waals surface area (Å²) in [6.45, 7) is 0. The fourth-order valence-corrected chi connectivity index (χ4v) is 10.5. The zero-order valence-corrected chi connectivity index (χ0v) is 28.0. The average molecular weight is 659 g/mol. The molecule has 0 fully saturated rings. The topological polar surface area (TPSA) is 25.2 Å². The van der Waals surface area contributed by atoms with Crippen LogP contribution in [0.4, 0.5) is 17.1 Å². The second-order valence-corrected chi connectivity index (χ2v) is 15.7. The summed E-state index contributed by atoms with van der Waals surface area (Å²) in [5, 5.41) is 7.21. The first kappa shape index (κ1) is 28.8. The van der Waals surface area contributed by atoms with Gasteiger partial charge in [-0.1, -0.05) is 140 Å². The Balaban J connectivity index is 1.13. The molecule has 8 aromatic carbocycles. The molecule has 2 heterocycles. The summed E-state index contributed by atoms with van der Waals surface area (Å²) in [5.41, 5.74) is 9.30. The van der Waals surface area contributed by atoms with E-state index in [1.807, 2.05) is 60.7 Å². The highest BCUT2D eigenvalue weighted by Crippen LogP contribution is 2.50. The van der Waals surface area contributed by atoms with Crippen LogP contribution in [0.2, 0.25) is 0 Å². The Kier molecular flexibility index (Phi) is 6.46. The van der Waals surface area contributed by atoms with Gasteiger partial charge in [0, 0.05) is 32.4 Å². The molecule has 1 aromatic heterocycles. The Morgan fingerprint density at radius 1 is 0.400 bits per heavy atom. The minimum Gasteiger partial charge on any atom is -0.309 e. The van der Waals surface area contributed by atoms with Crippen LogP contribution in [0.5, 0.6) is 0 Å². The van der Waals surface area contributed by atoms with Crippen molar-refractivity contribution in [3.8, 4) is 16.8 Å². The van der Waals surface area contributed by atoms with Crippen molar-refractivity contribution in [1.82, 2.24) is 4.57 Å². The van der Waals surface area contributed by atoms with Crippen molar-refractivity contribution in [3.63, 3.8) is 0 Å². The number of anilines is 3. The standard InChI is InChI=1S/C46H31N2OP/c49-50(37-15-6-2-7-16-37,38-17-8-3-9-18-38)39-27-25-33-29-32(23-24-34(33)30-39)35-26-28-43-45(31-35)47(36-13-4-1-5-14-36)44-22-12-20-41-40-19-10-11-21-42(40)48(43)46(41)44/h1-31H. The number of fused-ring (bicyclic) bond motifs is 6. The lowest BCUT2D eigenvalue weighted by atomic mass is 9.99. The van der Waals surface area contributed by atoms with E-state index in [0.717, 1.165) is 54.9 Å². The lowest BCUT2D eigenvalue weighted by Gasteiger charge is -2.33. The Morgan fingerprint density at radius 2 is 1.00 bits per heavy atom. The summed E-state index contributed by atoms with van der Waals surface area (Å²) < 4.78 is 17.5. The first-order valence-corrected chi connectivity index (χ1v) is 18.7. The van der Waals surface area contributed by atoms with Gasteiger partial charge in [0.15, 0.2) is 7.14 Å². The number of aromatic nitrogens is 1. The number of rotatable bonds is 5. The second kappa shape index (κ2) is 11.2. The highest BCUT2D eigenvalue weighted by atomic mass is 31.2. The molecule has 4 heteroatoms. The molecule has 9 aromatic rings. The molecule has 50 heavy (non-hydrogen) atoms. The van der Waals surface area contributed by atoms with Crippen molar-refractivity contribution < 1.29 is 4.57 Å². The van der Waals surface area contributed by atoms with E-state index in [1.165, 1.54) is 27.5 Å². The molecule has 3 nitrogen and oxygen atoms in total. The normalized spacial score (nSPS) is 12.4. The van der Waals surface area contributed by atoms with Gasteiger partial charge in [0.1, 0.15) is 0 Å². The Hall–Kier alpha value is -6.15. The molecular formula is C46H31N2OP. The lowest BCUT2D eigenvalue weighted by Crippen LogP contribution is -2.24. The van der Waals surface area contributed by atoms with Crippen LogP contribution in [0.3, 0.4) is 0 Å². The predicted molar refractivity (Wildman–Crippen MR) is 211 cm³/mol. The molecular weight excluding hydrogens is 627 g/mol. The third kappa shape index (κ3) is 4.27. The number of hydrogen-bond acceptors (Lipinski definition) is 2. The fraction of sp³-hybridized carbons (Fsp3) is 0. The molecule has 1 aliphatic rings. The van der Waals surface area contributed by atoms with Crippen molar-refractivity contribution in [1.29, 1.82) is 0 Å².